The van der Waals surface area contributed by atoms with Crippen LogP contribution in [0.2, 0.25) is 0 Å². The quantitative estimate of drug-likeness (QED) is 0.469. The number of nitrogens with one attached hydrogen (secondary N) is 2. The molecule has 1 amide bonds. The third-order valence-corrected chi connectivity index (χ3v) is 5.04. The minimum atomic E-state index is -0.915. The van der Waals surface area contributed by atoms with Crippen LogP contribution < -0.4 is 20.3 Å². The van der Waals surface area contributed by atoms with Gasteiger partial charge in [-0.05, 0) is 42.5 Å². The fourth-order valence-electron chi connectivity index (χ4n) is 3.58. The molecule has 0 fully saturated rings. The van der Waals surface area contributed by atoms with E-state index in [2.05, 4.69) is 15.6 Å². The Morgan fingerprint density at radius 1 is 1.06 bits per heavy atom. The fourth-order valence-corrected chi connectivity index (χ4v) is 3.58. The summed E-state index contributed by atoms with van der Waals surface area (Å²) < 4.78 is 5.91. The lowest BCUT2D eigenvalue weighted by Crippen LogP contribution is -2.39. The monoisotopic (exact) mass is 432 g/mol. The molecule has 1 unspecified atom stereocenters. The van der Waals surface area contributed by atoms with E-state index in [4.69, 9.17) is 4.74 Å². The molecule has 2 aromatic carbocycles. The summed E-state index contributed by atoms with van der Waals surface area (Å²) in [6, 6.07) is 20.4. The highest BCUT2D eigenvalue weighted by atomic mass is 16.5. The van der Waals surface area contributed by atoms with E-state index in [1.807, 2.05) is 53.4 Å². The smallest absolute Gasteiger partial charge is 0.307 e. The van der Waals surface area contributed by atoms with E-state index >= 15 is 0 Å². The molecule has 0 radical (unpaired) electrons. The lowest BCUT2D eigenvalue weighted by molar-refractivity contribution is -0.138. The van der Waals surface area contributed by atoms with Crippen molar-refractivity contribution in [1.82, 2.24) is 10.3 Å². The van der Waals surface area contributed by atoms with Gasteiger partial charge in [0.2, 0.25) is 0 Å². The van der Waals surface area contributed by atoms with Gasteiger partial charge in [-0.1, -0.05) is 24.3 Å². The van der Waals surface area contributed by atoms with E-state index < -0.39 is 12.1 Å². The summed E-state index contributed by atoms with van der Waals surface area (Å²) in [7, 11) is 0. The van der Waals surface area contributed by atoms with Gasteiger partial charge in [-0.25, -0.2) is 4.98 Å². The van der Waals surface area contributed by atoms with Crippen LogP contribution in [0.3, 0.4) is 0 Å². The number of aromatic nitrogens is 1. The van der Waals surface area contributed by atoms with Gasteiger partial charge in [0.1, 0.15) is 17.7 Å². The van der Waals surface area contributed by atoms with Crippen molar-refractivity contribution in [3.05, 3.63) is 78.5 Å². The zero-order valence-corrected chi connectivity index (χ0v) is 17.4. The molecular formula is C24H24N4O4. The van der Waals surface area contributed by atoms with Gasteiger partial charge in [-0.2, -0.15) is 0 Å². The minimum Gasteiger partial charge on any atom is -0.486 e. The van der Waals surface area contributed by atoms with E-state index in [0.717, 1.165) is 17.2 Å². The van der Waals surface area contributed by atoms with E-state index in [0.29, 0.717) is 30.9 Å². The third-order valence-electron chi connectivity index (χ3n) is 5.04. The molecule has 1 atom stereocenters. The molecule has 8 heteroatoms. The molecule has 0 saturated carbocycles. The van der Waals surface area contributed by atoms with Crippen LogP contribution in [0, 0.1) is 0 Å². The number of para-hydroxylation sites is 1. The van der Waals surface area contributed by atoms with Crippen molar-refractivity contribution >= 4 is 29.1 Å². The maximum atomic E-state index is 12.7. The molecule has 164 valence electrons. The summed E-state index contributed by atoms with van der Waals surface area (Å²) in [4.78, 5) is 30.1. The summed E-state index contributed by atoms with van der Waals surface area (Å²) in [6.45, 7) is 1.36. The summed E-state index contributed by atoms with van der Waals surface area (Å²) in [6.07, 6.45) is 1.11. The largest absolute Gasteiger partial charge is 0.486 e. The van der Waals surface area contributed by atoms with E-state index in [1.54, 1.807) is 24.4 Å². The first kappa shape index (κ1) is 21.2. The van der Waals surface area contributed by atoms with Crippen molar-refractivity contribution in [2.24, 2.45) is 0 Å². The molecule has 4 rings (SSSR count). The van der Waals surface area contributed by atoms with Crippen molar-refractivity contribution in [3.63, 3.8) is 0 Å². The minimum absolute atomic E-state index is 0.103. The number of aliphatic carboxylic acids is 1. The molecular weight excluding hydrogens is 408 g/mol. The molecule has 3 N–H and O–H groups in total. The Balaban J connectivity index is 1.47. The van der Waals surface area contributed by atoms with Crippen LogP contribution in [0.5, 0.6) is 5.75 Å². The molecule has 2 heterocycles. The van der Waals surface area contributed by atoms with Gasteiger partial charge in [0.25, 0.3) is 5.91 Å². The number of amides is 1. The summed E-state index contributed by atoms with van der Waals surface area (Å²) in [5.41, 5.74) is 2.14. The van der Waals surface area contributed by atoms with Crippen LogP contribution >= 0.6 is 0 Å². The van der Waals surface area contributed by atoms with Crippen molar-refractivity contribution in [1.29, 1.82) is 0 Å². The van der Waals surface area contributed by atoms with Gasteiger partial charge in [0.15, 0.2) is 0 Å². The van der Waals surface area contributed by atoms with Gasteiger partial charge in [0.05, 0.1) is 18.7 Å². The Morgan fingerprint density at radius 3 is 2.62 bits per heavy atom. The molecule has 1 aliphatic rings. The highest BCUT2D eigenvalue weighted by Gasteiger charge is 2.29. The molecule has 0 bridgehead atoms. The average molecular weight is 432 g/mol. The number of nitrogens with zero attached hydrogens (tertiary/aromatic N) is 2. The second-order valence-electron chi connectivity index (χ2n) is 7.36. The molecule has 32 heavy (non-hydrogen) atoms. The maximum absolute atomic E-state index is 12.7. The number of hydrogen-bond acceptors (Lipinski definition) is 6. The Hall–Kier alpha value is -4.07. The zero-order valence-electron chi connectivity index (χ0n) is 17.4. The molecule has 0 saturated heterocycles. The number of pyridine rings is 1. The first-order chi connectivity index (χ1) is 15.6. The topological polar surface area (TPSA) is 104 Å². The Kier molecular flexibility index (Phi) is 6.50. The molecule has 8 nitrogen and oxygen atoms in total. The van der Waals surface area contributed by atoms with E-state index in [-0.39, 0.29) is 12.3 Å². The zero-order chi connectivity index (χ0) is 22.3. The predicted molar refractivity (Wildman–Crippen MR) is 122 cm³/mol. The van der Waals surface area contributed by atoms with Gasteiger partial charge in [-0.15, -0.1) is 0 Å². The van der Waals surface area contributed by atoms with Gasteiger partial charge < -0.3 is 25.4 Å². The second kappa shape index (κ2) is 9.82. The standard InChI is InChI=1S/C24H24N4O4/c29-23(30)15-19-16-28(18-6-2-1-3-7-18)20-14-17(9-10-21(20)32-19)24(31)27-13-12-26-22-8-4-5-11-25-22/h1-11,14,19H,12-13,15-16H2,(H,25,26)(H,27,31)(H,29,30). The van der Waals surface area contributed by atoms with Crippen LogP contribution in [-0.2, 0) is 4.79 Å². The predicted octanol–water partition coefficient (Wildman–Crippen LogP) is 3.30. The number of fused-ring (bicyclic) bond motifs is 1. The molecule has 1 aromatic heterocycles. The SMILES string of the molecule is O=C(O)CC1CN(c2ccccc2)c2cc(C(=O)NCCNc3ccccn3)ccc2O1. The number of ether oxygens (including phenoxy) is 1. The van der Waals surface area contributed by atoms with Crippen molar-refractivity contribution < 1.29 is 19.4 Å². The Bertz CT molecular complexity index is 1080. The third kappa shape index (κ3) is 5.15. The first-order valence-electron chi connectivity index (χ1n) is 10.4. The number of carboxylic acids is 1. The second-order valence-corrected chi connectivity index (χ2v) is 7.36. The molecule has 3 aromatic rings. The van der Waals surface area contributed by atoms with Crippen molar-refractivity contribution in [3.8, 4) is 5.75 Å². The number of hydrogen-bond donors (Lipinski definition) is 3. The van der Waals surface area contributed by atoms with E-state index in [9.17, 15) is 14.7 Å². The summed E-state index contributed by atoms with van der Waals surface area (Å²) in [5.74, 6) is 0.194. The summed E-state index contributed by atoms with van der Waals surface area (Å²) in [5, 5.41) is 15.3. The fraction of sp³-hybridized carbons (Fsp3) is 0.208. The molecule has 0 aliphatic carbocycles. The van der Waals surface area contributed by atoms with Gasteiger partial charge in [0, 0.05) is 30.5 Å². The normalized spacial score (nSPS) is 14.8. The number of carboxylic acid groups (broad SMARTS) is 1. The number of carbonyl (C=O) groups is 2. The number of rotatable bonds is 8. The molecule has 1 aliphatic heterocycles. The number of anilines is 3. The van der Waals surface area contributed by atoms with E-state index in [1.165, 1.54) is 0 Å². The van der Waals surface area contributed by atoms with Gasteiger partial charge >= 0.3 is 5.97 Å². The lowest BCUT2D eigenvalue weighted by atomic mass is 10.1. The van der Waals surface area contributed by atoms with Crippen LogP contribution in [0.1, 0.15) is 16.8 Å². The number of carbonyl (C=O) groups excluding carboxylic acids is 1. The first-order valence-corrected chi connectivity index (χ1v) is 10.4. The van der Waals surface area contributed by atoms with Crippen LogP contribution in [-0.4, -0.2) is 47.7 Å². The summed E-state index contributed by atoms with van der Waals surface area (Å²) >= 11 is 0. The Morgan fingerprint density at radius 2 is 1.88 bits per heavy atom. The highest BCUT2D eigenvalue weighted by molar-refractivity contribution is 5.96. The molecule has 0 spiro atoms. The highest BCUT2D eigenvalue weighted by Crippen LogP contribution is 2.39. The van der Waals surface area contributed by atoms with Crippen molar-refractivity contribution in [2.45, 2.75) is 12.5 Å². The number of benzene rings is 2. The Labute approximate surface area is 185 Å². The van der Waals surface area contributed by atoms with Crippen LogP contribution in [0.25, 0.3) is 0 Å². The average Bonchev–Trinajstić information content (AvgIpc) is 2.82. The van der Waals surface area contributed by atoms with Gasteiger partial charge in [-0.3, -0.25) is 9.59 Å². The van der Waals surface area contributed by atoms with Crippen LogP contribution in [0.4, 0.5) is 17.2 Å². The van der Waals surface area contributed by atoms with Crippen LogP contribution in [0.15, 0.2) is 72.9 Å². The lowest BCUT2D eigenvalue weighted by Gasteiger charge is -2.36. The maximum Gasteiger partial charge on any atom is 0.307 e. The van der Waals surface area contributed by atoms with Crippen molar-refractivity contribution in [2.75, 3.05) is 29.9 Å².